The van der Waals surface area contributed by atoms with E-state index in [0.29, 0.717) is 5.92 Å². The highest BCUT2D eigenvalue weighted by atomic mass is 32.2. The minimum atomic E-state index is -0.833. The van der Waals surface area contributed by atoms with Crippen LogP contribution in [-0.2, 0) is 11.2 Å². The van der Waals surface area contributed by atoms with Gasteiger partial charge in [-0.05, 0) is 24.5 Å². The highest BCUT2D eigenvalue weighted by Crippen LogP contribution is 2.28. The van der Waals surface area contributed by atoms with Crippen LogP contribution in [0.2, 0.25) is 0 Å². The summed E-state index contributed by atoms with van der Waals surface area (Å²) >= 11 is 1.26. The van der Waals surface area contributed by atoms with Gasteiger partial charge in [0.1, 0.15) is 10.9 Å². The molecule has 1 aromatic carbocycles. The number of aryl methyl sites for hydroxylation is 1. The summed E-state index contributed by atoms with van der Waals surface area (Å²) in [4.78, 5) is 19.9. The van der Waals surface area contributed by atoms with Crippen LogP contribution >= 0.6 is 11.8 Å². The molecule has 20 heavy (non-hydrogen) atoms. The van der Waals surface area contributed by atoms with Crippen LogP contribution in [0.1, 0.15) is 25.2 Å². The molecule has 0 amide bonds. The zero-order valence-corrected chi connectivity index (χ0v) is 12.7. The quantitative estimate of drug-likeness (QED) is 0.676. The number of carbonyl (C=O) groups is 1. The molecule has 0 aliphatic rings. The van der Waals surface area contributed by atoms with Crippen molar-refractivity contribution in [2.45, 2.75) is 32.2 Å². The molecular formula is C15H18N2O2S. The standard InChI is InChI=1S/C15H18N2O2S/c1-9(2)7-12-16-11-6-4-5-10(3)14(11)15(17-12)20-8-13(18)19/h4-6,9H,7-8H2,1-3H3,(H,18,19). The Balaban J connectivity index is 2.51. The van der Waals surface area contributed by atoms with Crippen LogP contribution in [-0.4, -0.2) is 26.8 Å². The molecule has 0 radical (unpaired) electrons. The Labute approximate surface area is 122 Å². The lowest BCUT2D eigenvalue weighted by atomic mass is 10.1. The van der Waals surface area contributed by atoms with Crippen molar-refractivity contribution >= 4 is 28.6 Å². The van der Waals surface area contributed by atoms with Gasteiger partial charge in [-0.3, -0.25) is 4.79 Å². The Morgan fingerprint density at radius 2 is 2.10 bits per heavy atom. The second-order valence-electron chi connectivity index (χ2n) is 5.19. The van der Waals surface area contributed by atoms with E-state index < -0.39 is 5.97 Å². The number of nitrogens with zero attached hydrogens (tertiary/aromatic N) is 2. The number of aliphatic carboxylic acids is 1. The number of carboxylic acid groups (broad SMARTS) is 1. The number of fused-ring (bicyclic) bond motifs is 1. The van der Waals surface area contributed by atoms with Gasteiger partial charge in [0, 0.05) is 11.8 Å². The Morgan fingerprint density at radius 3 is 2.75 bits per heavy atom. The Hall–Kier alpha value is -1.62. The summed E-state index contributed by atoms with van der Waals surface area (Å²) in [6.07, 6.45) is 0.796. The first-order valence-electron chi connectivity index (χ1n) is 6.58. The van der Waals surface area contributed by atoms with E-state index >= 15 is 0 Å². The van der Waals surface area contributed by atoms with Crippen LogP contribution < -0.4 is 0 Å². The molecule has 2 aromatic rings. The van der Waals surface area contributed by atoms with Crippen molar-refractivity contribution in [1.29, 1.82) is 0 Å². The van der Waals surface area contributed by atoms with E-state index in [2.05, 4.69) is 23.8 Å². The first kappa shape index (κ1) is 14.8. The van der Waals surface area contributed by atoms with Crippen LogP contribution in [0.5, 0.6) is 0 Å². The highest BCUT2D eigenvalue weighted by molar-refractivity contribution is 8.00. The molecule has 2 rings (SSSR count). The maximum absolute atomic E-state index is 10.8. The number of aromatic nitrogens is 2. The normalized spacial score (nSPS) is 11.2. The van der Waals surface area contributed by atoms with Gasteiger partial charge in [0.25, 0.3) is 0 Å². The van der Waals surface area contributed by atoms with E-state index in [4.69, 9.17) is 5.11 Å². The first-order chi connectivity index (χ1) is 9.47. The van der Waals surface area contributed by atoms with Gasteiger partial charge < -0.3 is 5.11 Å². The van der Waals surface area contributed by atoms with E-state index in [9.17, 15) is 4.79 Å². The Morgan fingerprint density at radius 1 is 1.35 bits per heavy atom. The van der Waals surface area contributed by atoms with Crippen LogP contribution in [0.3, 0.4) is 0 Å². The van der Waals surface area contributed by atoms with Gasteiger partial charge in [0.05, 0.1) is 11.3 Å². The van der Waals surface area contributed by atoms with Crippen LogP contribution in [0.4, 0.5) is 0 Å². The average Bonchev–Trinajstić information content (AvgIpc) is 2.35. The summed E-state index contributed by atoms with van der Waals surface area (Å²) < 4.78 is 0. The lowest BCUT2D eigenvalue weighted by molar-refractivity contribution is -0.133. The SMILES string of the molecule is Cc1cccc2nc(CC(C)C)nc(SCC(=O)O)c12. The van der Waals surface area contributed by atoms with Gasteiger partial charge in [-0.15, -0.1) is 0 Å². The van der Waals surface area contributed by atoms with Crippen molar-refractivity contribution in [3.63, 3.8) is 0 Å². The number of hydrogen-bond acceptors (Lipinski definition) is 4. The van der Waals surface area contributed by atoms with Crippen molar-refractivity contribution < 1.29 is 9.90 Å². The fourth-order valence-corrected chi connectivity index (χ4v) is 2.89. The van der Waals surface area contributed by atoms with Crippen molar-refractivity contribution in [1.82, 2.24) is 9.97 Å². The average molecular weight is 290 g/mol. The smallest absolute Gasteiger partial charge is 0.313 e. The van der Waals surface area contributed by atoms with Crippen molar-refractivity contribution in [2.75, 3.05) is 5.75 Å². The van der Waals surface area contributed by atoms with Gasteiger partial charge in [-0.25, -0.2) is 9.97 Å². The molecule has 0 atom stereocenters. The number of thioether (sulfide) groups is 1. The van der Waals surface area contributed by atoms with E-state index in [0.717, 1.165) is 33.7 Å². The van der Waals surface area contributed by atoms with Gasteiger partial charge in [0.2, 0.25) is 0 Å². The maximum Gasteiger partial charge on any atom is 0.313 e. The molecule has 4 nitrogen and oxygen atoms in total. The molecular weight excluding hydrogens is 272 g/mol. The minimum Gasteiger partial charge on any atom is -0.481 e. The second kappa shape index (κ2) is 6.22. The molecule has 1 N–H and O–H groups in total. The summed E-state index contributed by atoms with van der Waals surface area (Å²) in [5.41, 5.74) is 1.97. The summed E-state index contributed by atoms with van der Waals surface area (Å²) in [5.74, 6) is 0.433. The molecule has 0 bridgehead atoms. The molecule has 0 aliphatic heterocycles. The van der Waals surface area contributed by atoms with Crippen molar-refractivity contribution in [2.24, 2.45) is 5.92 Å². The monoisotopic (exact) mass is 290 g/mol. The van der Waals surface area contributed by atoms with E-state index in [1.807, 2.05) is 25.1 Å². The number of carboxylic acids is 1. The van der Waals surface area contributed by atoms with Gasteiger partial charge in [0.15, 0.2) is 0 Å². The van der Waals surface area contributed by atoms with Crippen LogP contribution in [0.15, 0.2) is 23.2 Å². The topological polar surface area (TPSA) is 63.1 Å². The predicted molar refractivity (Wildman–Crippen MR) is 81.2 cm³/mol. The lowest BCUT2D eigenvalue weighted by Crippen LogP contribution is -2.05. The third-order valence-electron chi connectivity index (χ3n) is 2.87. The molecule has 106 valence electrons. The van der Waals surface area contributed by atoms with Crippen LogP contribution in [0.25, 0.3) is 10.9 Å². The molecule has 1 aromatic heterocycles. The zero-order chi connectivity index (χ0) is 14.7. The third-order valence-corrected chi connectivity index (χ3v) is 3.83. The maximum atomic E-state index is 10.8. The van der Waals surface area contributed by atoms with Crippen molar-refractivity contribution in [3.8, 4) is 0 Å². The molecule has 0 saturated heterocycles. The van der Waals surface area contributed by atoms with E-state index in [1.165, 1.54) is 11.8 Å². The highest BCUT2D eigenvalue weighted by Gasteiger charge is 2.12. The summed E-state index contributed by atoms with van der Waals surface area (Å²) in [7, 11) is 0. The molecule has 0 unspecified atom stereocenters. The van der Waals surface area contributed by atoms with Crippen molar-refractivity contribution in [3.05, 3.63) is 29.6 Å². The fraction of sp³-hybridized carbons (Fsp3) is 0.400. The van der Waals surface area contributed by atoms with E-state index in [1.54, 1.807) is 0 Å². The number of rotatable bonds is 5. The van der Waals surface area contributed by atoms with Gasteiger partial charge >= 0.3 is 5.97 Å². The molecule has 5 heteroatoms. The first-order valence-corrected chi connectivity index (χ1v) is 7.56. The summed E-state index contributed by atoms with van der Waals surface area (Å²) in [6, 6.07) is 5.92. The van der Waals surface area contributed by atoms with Gasteiger partial charge in [-0.2, -0.15) is 0 Å². The summed E-state index contributed by atoms with van der Waals surface area (Å²) in [6.45, 7) is 6.24. The minimum absolute atomic E-state index is 0.0154. The second-order valence-corrected chi connectivity index (χ2v) is 6.16. The number of hydrogen-bond donors (Lipinski definition) is 1. The van der Waals surface area contributed by atoms with Gasteiger partial charge in [-0.1, -0.05) is 37.7 Å². The largest absolute Gasteiger partial charge is 0.481 e. The Bertz CT molecular complexity index is 641. The number of benzene rings is 1. The molecule has 1 heterocycles. The fourth-order valence-electron chi connectivity index (χ4n) is 2.05. The molecule has 0 fully saturated rings. The Kier molecular flexibility index (Phi) is 4.60. The zero-order valence-electron chi connectivity index (χ0n) is 11.9. The third kappa shape index (κ3) is 3.48. The lowest BCUT2D eigenvalue weighted by Gasteiger charge is -2.10. The predicted octanol–water partition coefficient (Wildman–Crippen LogP) is 3.31. The van der Waals surface area contributed by atoms with Crippen LogP contribution in [0, 0.1) is 12.8 Å². The molecule has 0 aliphatic carbocycles. The molecule has 0 spiro atoms. The van der Waals surface area contributed by atoms with E-state index in [-0.39, 0.29) is 5.75 Å². The molecule has 0 saturated carbocycles. The summed E-state index contributed by atoms with van der Waals surface area (Å²) in [5, 5.41) is 10.6.